The van der Waals surface area contributed by atoms with Gasteiger partial charge in [-0.25, -0.2) is 0 Å². The number of benzene rings is 2. The van der Waals surface area contributed by atoms with Gasteiger partial charge in [-0.2, -0.15) is 0 Å². The first-order valence-electron chi connectivity index (χ1n) is 11.3. The summed E-state index contributed by atoms with van der Waals surface area (Å²) in [5.74, 6) is 3.57. The van der Waals surface area contributed by atoms with Crippen molar-refractivity contribution in [1.29, 1.82) is 0 Å². The zero-order valence-electron chi connectivity index (χ0n) is 17.8. The highest BCUT2D eigenvalue weighted by molar-refractivity contribution is 5.42. The fraction of sp³-hybridized carbons (Fsp3) is 0.538. The molecule has 4 rings (SSSR count). The number of methoxy groups -OCH3 is 1. The number of fused-ring (bicyclic) bond motifs is 1. The number of phenolic OH excluding ortho intramolecular Hbond substituents is 1. The van der Waals surface area contributed by atoms with E-state index >= 15 is 0 Å². The Morgan fingerprint density at radius 3 is 2.62 bits per heavy atom. The molecule has 0 saturated heterocycles. The number of aromatic hydroxyl groups is 1. The Kier molecular flexibility index (Phi) is 6.32. The van der Waals surface area contributed by atoms with Crippen LogP contribution in [0, 0.1) is 17.8 Å². The van der Waals surface area contributed by atoms with Gasteiger partial charge in [-0.1, -0.05) is 63.3 Å². The van der Waals surface area contributed by atoms with Gasteiger partial charge in [0.15, 0.2) is 0 Å². The molecule has 0 amide bonds. The van der Waals surface area contributed by atoms with Crippen LogP contribution >= 0.6 is 0 Å². The van der Waals surface area contributed by atoms with Crippen LogP contribution in [0.15, 0.2) is 42.5 Å². The van der Waals surface area contributed by atoms with Gasteiger partial charge in [0.05, 0.1) is 7.11 Å². The van der Waals surface area contributed by atoms with E-state index in [4.69, 9.17) is 9.47 Å². The fourth-order valence-electron chi connectivity index (χ4n) is 5.53. The minimum atomic E-state index is 0.0343. The minimum absolute atomic E-state index is 0.0343. The van der Waals surface area contributed by atoms with Crippen molar-refractivity contribution in [2.75, 3.05) is 7.11 Å². The normalized spacial score (nSPS) is 27.0. The monoisotopic (exact) mass is 394 g/mol. The lowest BCUT2D eigenvalue weighted by Gasteiger charge is -2.39. The Bertz CT molecular complexity index is 815. The summed E-state index contributed by atoms with van der Waals surface area (Å²) < 4.78 is 12.0. The summed E-state index contributed by atoms with van der Waals surface area (Å²) in [5.41, 5.74) is 2.73. The number of hydrogen-bond donors (Lipinski definition) is 1. The first-order valence-corrected chi connectivity index (χ1v) is 11.3. The van der Waals surface area contributed by atoms with Crippen molar-refractivity contribution in [3.63, 3.8) is 0 Å². The lowest BCUT2D eigenvalue weighted by atomic mass is 9.71. The Morgan fingerprint density at radius 1 is 1.00 bits per heavy atom. The molecule has 4 atom stereocenters. The average molecular weight is 395 g/mol. The molecule has 156 valence electrons. The fourth-order valence-corrected chi connectivity index (χ4v) is 5.53. The van der Waals surface area contributed by atoms with E-state index in [9.17, 15) is 5.11 Å². The molecule has 0 spiro atoms. The molecule has 2 aliphatic carbocycles. The molecular formula is C26H34O3. The summed E-state index contributed by atoms with van der Waals surface area (Å²) in [6.07, 6.45) is 10.4. The van der Waals surface area contributed by atoms with Gasteiger partial charge in [-0.15, -0.1) is 0 Å². The van der Waals surface area contributed by atoms with E-state index in [-0.39, 0.29) is 11.9 Å². The van der Waals surface area contributed by atoms with Crippen molar-refractivity contribution >= 4 is 0 Å². The minimum Gasteiger partial charge on any atom is -0.508 e. The van der Waals surface area contributed by atoms with Gasteiger partial charge in [0.2, 0.25) is 0 Å². The van der Waals surface area contributed by atoms with Crippen LogP contribution in [-0.2, 0) is 6.42 Å². The summed E-state index contributed by atoms with van der Waals surface area (Å²) in [6, 6.07) is 14.0. The van der Waals surface area contributed by atoms with E-state index in [1.165, 1.54) is 56.1 Å². The van der Waals surface area contributed by atoms with Gasteiger partial charge in [0, 0.05) is 24.1 Å². The van der Waals surface area contributed by atoms with Gasteiger partial charge in [0.1, 0.15) is 23.4 Å². The second-order valence-corrected chi connectivity index (χ2v) is 8.86. The molecular weight excluding hydrogens is 360 g/mol. The predicted octanol–water partition coefficient (Wildman–Crippen LogP) is 6.69. The molecule has 3 nitrogen and oxygen atoms in total. The number of ether oxygens (including phenoxy) is 2. The summed E-state index contributed by atoms with van der Waals surface area (Å²) in [6.45, 7) is 2.34. The highest BCUT2D eigenvalue weighted by Gasteiger charge is 2.37. The third-order valence-corrected chi connectivity index (χ3v) is 7.12. The Hall–Kier alpha value is -2.16. The third-order valence-electron chi connectivity index (χ3n) is 7.12. The first kappa shape index (κ1) is 20.1. The SMILES string of the molecule is CCC1CCCCC(C2CCc3ccccc3C2Oc2cc(O)cc(OC)c2)C1. The van der Waals surface area contributed by atoms with Crippen molar-refractivity contribution < 1.29 is 14.6 Å². The lowest BCUT2D eigenvalue weighted by molar-refractivity contribution is 0.0669. The van der Waals surface area contributed by atoms with Crippen molar-refractivity contribution in [1.82, 2.24) is 0 Å². The van der Waals surface area contributed by atoms with Crippen LogP contribution in [0.4, 0.5) is 0 Å². The van der Waals surface area contributed by atoms with E-state index in [0.29, 0.717) is 23.3 Å². The zero-order valence-corrected chi connectivity index (χ0v) is 17.8. The second-order valence-electron chi connectivity index (χ2n) is 8.86. The second kappa shape index (κ2) is 9.11. The zero-order chi connectivity index (χ0) is 20.2. The number of hydrogen-bond acceptors (Lipinski definition) is 3. The molecule has 0 aromatic heterocycles. The molecule has 2 aromatic carbocycles. The van der Waals surface area contributed by atoms with Crippen molar-refractivity contribution in [2.45, 2.75) is 64.4 Å². The number of aryl methyl sites for hydroxylation is 1. The summed E-state index contributed by atoms with van der Waals surface area (Å²) >= 11 is 0. The Morgan fingerprint density at radius 2 is 1.79 bits per heavy atom. The summed E-state index contributed by atoms with van der Waals surface area (Å²) in [5, 5.41) is 10.1. The van der Waals surface area contributed by atoms with E-state index in [0.717, 1.165) is 12.3 Å². The molecule has 0 aliphatic heterocycles. The van der Waals surface area contributed by atoms with Crippen LogP contribution in [0.3, 0.4) is 0 Å². The molecule has 1 fully saturated rings. The number of phenols is 1. The lowest BCUT2D eigenvalue weighted by Crippen LogP contribution is -2.31. The molecule has 2 aliphatic rings. The summed E-state index contributed by atoms with van der Waals surface area (Å²) in [7, 11) is 1.62. The van der Waals surface area contributed by atoms with Crippen molar-refractivity contribution in [3.8, 4) is 17.2 Å². The predicted molar refractivity (Wildman–Crippen MR) is 117 cm³/mol. The smallest absolute Gasteiger partial charge is 0.127 e. The maximum Gasteiger partial charge on any atom is 0.127 e. The molecule has 0 radical (unpaired) electrons. The Labute approximate surface area is 175 Å². The largest absolute Gasteiger partial charge is 0.508 e. The number of rotatable bonds is 5. The third kappa shape index (κ3) is 4.55. The topological polar surface area (TPSA) is 38.7 Å². The first-order chi connectivity index (χ1) is 14.2. The van der Waals surface area contributed by atoms with Crippen molar-refractivity contribution in [3.05, 3.63) is 53.6 Å². The molecule has 0 heterocycles. The summed E-state index contributed by atoms with van der Waals surface area (Å²) in [4.78, 5) is 0. The van der Waals surface area contributed by atoms with Crippen LogP contribution in [0.5, 0.6) is 17.2 Å². The molecule has 3 heteroatoms. The average Bonchev–Trinajstić information content (AvgIpc) is 2.99. The van der Waals surface area contributed by atoms with Gasteiger partial charge in [0.25, 0.3) is 0 Å². The van der Waals surface area contributed by atoms with Crippen LogP contribution in [0.2, 0.25) is 0 Å². The highest BCUT2D eigenvalue weighted by atomic mass is 16.5. The van der Waals surface area contributed by atoms with Crippen LogP contribution in [-0.4, -0.2) is 12.2 Å². The molecule has 4 unspecified atom stereocenters. The highest BCUT2D eigenvalue weighted by Crippen LogP contribution is 2.47. The van der Waals surface area contributed by atoms with Gasteiger partial charge in [-0.3, -0.25) is 0 Å². The standard InChI is InChI=1S/C26H34O3/c1-3-18-8-4-5-10-20(14-18)25-13-12-19-9-6-7-11-24(19)26(25)29-23-16-21(27)15-22(17-23)28-2/h6-7,9,11,15-18,20,25-27H,3-5,8,10,12-14H2,1-2H3. The van der Waals surface area contributed by atoms with Crippen LogP contribution in [0.25, 0.3) is 0 Å². The molecule has 29 heavy (non-hydrogen) atoms. The molecule has 0 bridgehead atoms. The quantitative estimate of drug-likeness (QED) is 0.574. The van der Waals surface area contributed by atoms with E-state index in [2.05, 4.69) is 31.2 Å². The molecule has 2 aromatic rings. The van der Waals surface area contributed by atoms with E-state index in [1.54, 1.807) is 19.2 Å². The molecule has 1 saturated carbocycles. The van der Waals surface area contributed by atoms with E-state index < -0.39 is 0 Å². The van der Waals surface area contributed by atoms with Gasteiger partial charge < -0.3 is 14.6 Å². The van der Waals surface area contributed by atoms with Gasteiger partial charge in [-0.05, 0) is 42.2 Å². The van der Waals surface area contributed by atoms with Crippen LogP contribution in [0.1, 0.15) is 69.1 Å². The Balaban J connectivity index is 1.66. The van der Waals surface area contributed by atoms with Crippen LogP contribution < -0.4 is 9.47 Å². The van der Waals surface area contributed by atoms with Crippen molar-refractivity contribution in [2.24, 2.45) is 17.8 Å². The molecule has 1 N–H and O–H groups in total. The maximum absolute atomic E-state index is 10.1. The van der Waals surface area contributed by atoms with E-state index in [1.807, 2.05) is 6.07 Å². The maximum atomic E-state index is 10.1. The van der Waals surface area contributed by atoms with Gasteiger partial charge >= 0.3 is 0 Å².